The van der Waals surface area contributed by atoms with Crippen LogP contribution in [0.4, 0.5) is 0 Å². The van der Waals surface area contributed by atoms with Crippen molar-refractivity contribution in [2.75, 3.05) is 33.3 Å². The molecule has 3 fully saturated rings. The number of aromatic amines is 1. The van der Waals surface area contributed by atoms with E-state index in [9.17, 15) is 9.90 Å². The van der Waals surface area contributed by atoms with Crippen LogP contribution in [0.2, 0.25) is 0 Å². The van der Waals surface area contributed by atoms with Gasteiger partial charge in [-0.1, -0.05) is 0 Å². The molecule has 0 unspecified atom stereocenters. The van der Waals surface area contributed by atoms with E-state index in [1.165, 1.54) is 0 Å². The molecule has 1 saturated carbocycles. The van der Waals surface area contributed by atoms with Gasteiger partial charge in [-0.3, -0.25) is 4.79 Å². The van der Waals surface area contributed by atoms with Crippen LogP contribution in [0.5, 0.6) is 0 Å². The fourth-order valence-electron chi connectivity index (χ4n) is 5.21. The molecule has 3 aliphatic rings. The molecule has 28 heavy (non-hydrogen) atoms. The van der Waals surface area contributed by atoms with Crippen molar-refractivity contribution in [3.63, 3.8) is 0 Å². The summed E-state index contributed by atoms with van der Waals surface area (Å²) in [5.41, 5.74) is 0.822. The zero-order valence-electron chi connectivity index (χ0n) is 17.2. The van der Waals surface area contributed by atoms with E-state index < -0.39 is 0 Å². The molecule has 2 N–H and O–H groups in total. The number of carbonyl (C=O) groups is 1. The van der Waals surface area contributed by atoms with Crippen LogP contribution in [-0.4, -0.2) is 82.3 Å². The largest absolute Gasteiger partial charge is 0.393 e. The smallest absolute Gasteiger partial charge is 0.271 e. The quantitative estimate of drug-likeness (QED) is 0.821. The van der Waals surface area contributed by atoms with Crippen molar-refractivity contribution in [3.05, 3.63) is 17.7 Å². The number of amides is 1. The Morgan fingerprint density at radius 1 is 1.36 bits per heavy atom. The number of aromatic nitrogens is 2. The van der Waals surface area contributed by atoms with Crippen molar-refractivity contribution in [2.24, 2.45) is 5.41 Å². The number of rotatable bonds is 4. The van der Waals surface area contributed by atoms with E-state index in [1.807, 2.05) is 11.8 Å². The molecule has 7 nitrogen and oxygen atoms in total. The molecule has 0 radical (unpaired) electrons. The number of ether oxygens (including phenoxy) is 1. The number of aliphatic hydroxyl groups is 1. The number of imidazole rings is 1. The monoisotopic (exact) mass is 390 g/mol. The molecule has 0 bridgehead atoms. The lowest BCUT2D eigenvalue weighted by Crippen LogP contribution is -2.44. The summed E-state index contributed by atoms with van der Waals surface area (Å²) in [4.78, 5) is 24.2. The molecule has 1 amide bonds. The molecular weight excluding hydrogens is 356 g/mol. The SMILES string of the molecule is Cc1ncc(C(=O)N2CCC3(CC2)CO[C@@H](CN(C)C2CCC(O)CC2)C3)[nH]1. The zero-order chi connectivity index (χ0) is 19.7. The van der Waals surface area contributed by atoms with Gasteiger partial charge in [0, 0.05) is 25.7 Å². The normalized spacial score (nSPS) is 30.3. The number of aryl methyl sites for hydroxylation is 1. The summed E-state index contributed by atoms with van der Waals surface area (Å²) in [7, 11) is 2.20. The van der Waals surface area contributed by atoms with Crippen molar-refractivity contribution in [3.8, 4) is 0 Å². The third kappa shape index (κ3) is 4.26. The molecule has 0 aromatic carbocycles. The first kappa shape index (κ1) is 19.9. The van der Waals surface area contributed by atoms with Crippen molar-refractivity contribution in [1.82, 2.24) is 19.8 Å². The molecule has 156 valence electrons. The maximum Gasteiger partial charge on any atom is 0.271 e. The summed E-state index contributed by atoms with van der Waals surface area (Å²) in [5, 5.41) is 9.72. The Bertz CT molecular complexity index is 675. The minimum atomic E-state index is -0.103. The average Bonchev–Trinajstić information content (AvgIpc) is 3.29. The van der Waals surface area contributed by atoms with Gasteiger partial charge in [-0.15, -0.1) is 0 Å². The third-order valence-corrected chi connectivity index (χ3v) is 7.11. The number of carbonyl (C=O) groups excluding carboxylic acids is 1. The molecule has 7 heteroatoms. The van der Waals surface area contributed by atoms with E-state index in [2.05, 4.69) is 21.9 Å². The molecule has 1 spiro atoms. The van der Waals surface area contributed by atoms with Crippen molar-refractivity contribution in [2.45, 2.75) is 70.1 Å². The van der Waals surface area contributed by atoms with Crippen LogP contribution in [0.3, 0.4) is 0 Å². The first-order valence-electron chi connectivity index (χ1n) is 10.7. The maximum absolute atomic E-state index is 12.6. The highest BCUT2D eigenvalue weighted by Gasteiger charge is 2.43. The first-order valence-corrected chi connectivity index (χ1v) is 10.7. The fraction of sp³-hybridized carbons (Fsp3) is 0.810. The molecule has 1 aromatic rings. The Balaban J connectivity index is 1.26. The third-order valence-electron chi connectivity index (χ3n) is 7.11. The van der Waals surface area contributed by atoms with Gasteiger partial charge in [-0.2, -0.15) is 0 Å². The van der Waals surface area contributed by atoms with Crippen molar-refractivity contribution in [1.29, 1.82) is 0 Å². The van der Waals surface area contributed by atoms with E-state index in [-0.39, 0.29) is 23.5 Å². The minimum absolute atomic E-state index is 0.0603. The lowest BCUT2D eigenvalue weighted by Gasteiger charge is -2.38. The fourth-order valence-corrected chi connectivity index (χ4v) is 5.21. The Hall–Kier alpha value is -1.44. The van der Waals surface area contributed by atoms with Gasteiger partial charge >= 0.3 is 0 Å². The predicted molar refractivity (Wildman–Crippen MR) is 106 cm³/mol. The van der Waals surface area contributed by atoms with Gasteiger partial charge in [0.2, 0.25) is 0 Å². The molecule has 2 saturated heterocycles. The Labute approximate surface area is 167 Å². The number of likely N-dealkylation sites (N-methyl/N-ethyl adjacent to an activating group) is 1. The van der Waals surface area contributed by atoms with Gasteiger partial charge in [0.1, 0.15) is 11.5 Å². The van der Waals surface area contributed by atoms with Crippen LogP contribution < -0.4 is 0 Å². The highest BCUT2D eigenvalue weighted by atomic mass is 16.5. The summed E-state index contributed by atoms with van der Waals surface area (Å²) in [6, 6.07) is 0.570. The summed E-state index contributed by atoms with van der Waals surface area (Å²) in [6.45, 7) is 5.25. The number of likely N-dealkylation sites (tertiary alicyclic amines) is 1. The summed E-state index contributed by atoms with van der Waals surface area (Å²) < 4.78 is 6.20. The highest BCUT2D eigenvalue weighted by Crippen LogP contribution is 2.42. The molecule has 1 atom stereocenters. The van der Waals surface area contributed by atoms with Crippen molar-refractivity contribution >= 4 is 5.91 Å². The van der Waals surface area contributed by atoms with Gasteiger partial charge in [0.25, 0.3) is 5.91 Å². The zero-order valence-corrected chi connectivity index (χ0v) is 17.2. The van der Waals surface area contributed by atoms with Crippen LogP contribution in [-0.2, 0) is 4.74 Å². The van der Waals surface area contributed by atoms with Gasteiger partial charge < -0.3 is 24.6 Å². The van der Waals surface area contributed by atoms with Gasteiger partial charge in [-0.25, -0.2) is 4.98 Å². The molecule has 4 rings (SSSR count). The molecule has 2 aliphatic heterocycles. The number of nitrogens with zero attached hydrogens (tertiary/aromatic N) is 3. The topological polar surface area (TPSA) is 81.7 Å². The van der Waals surface area contributed by atoms with Gasteiger partial charge in [-0.05, 0) is 64.3 Å². The van der Waals surface area contributed by atoms with Crippen LogP contribution in [0.25, 0.3) is 0 Å². The number of piperidine rings is 1. The minimum Gasteiger partial charge on any atom is -0.393 e. The van der Waals surface area contributed by atoms with Crippen LogP contribution in [0.15, 0.2) is 6.20 Å². The number of hydrogen-bond donors (Lipinski definition) is 2. The van der Waals surface area contributed by atoms with E-state index in [0.29, 0.717) is 11.7 Å². The predicted octanol–water partition coefficient (Wildman–Crippen LogP) is 1.96. The molecule has 1 aliphatic carbocycles. The first-order chi connectivity index (χ1) is 13.4. The summed E-state index contributed by atoms with van der Waals surface area (Å²) in [6.07, 6.45) is 8.95. The van der Waals surface area contributed by atoms with Crippen LogP contribution in [0.1, 0.15) is 61.3 Å². The molecule has 1 aromatic heterocycles. The van der Waals surface area contributed by atoms with E-state index >= 15 is 0 Å². The number of nitrogens with one attached hydrogen (secondary N) is 1. The Kier molecular flexibility index (Phi) is 5.76. The van der Waals surface area contributed by atoms with E-state index in [1.54, 1.807) is 6.20 Å². The number of H-pyrrole nitrogens is 1. The van der Waals surface area contributed by atoms with Gasteiger partial charge in [0.15, 0.2) is 0 Å². The number of aliphatic hydroxyl groups excluding tert-OH is 1. The van der Waals surface area contributed by atoms with Crippen molar-refractivity contribution < 1.29 is 14.6 Å². The second kappa shape index (κ2) is 8.13. The van der Waals surface area contributed by atoms with Gasteiger partial charge in [0.05, 0.1) is 25.0 Å². The second-order valence-electron chi connectivity index (χ2n) is 9.21. The molecular formula is C21H34N4O3. The van der Waals surface area contributed by atoms with E-state index in [0.717, 1.165) is 77.0 Å². The summed E-state index contributed by atoms with van der Waals surface area (Å²) in [5.74, 6) is 0.839. The highest BCUT2D eigenvalue weighted by molar-refractivity contribution is 5.92. The average molecular weight is 391 g/mol. The standard InChI is InChI=1S/C21H34N4O3/c1-15-22-12-19(23-15)20(27)25-9-7-21(8-10-25)11-18(28-14-21)13-24(2)16-3-5-17(26)6-4-16/h12,16-18,26H,3-11,13-14H2,1-2H3,(H,22,23)/t16?,17?,18-/m1/s1. The Morgan fingerprint density at radius 2 is 2.07 bits per heavy atom. The lowest BCUT2D eigenvalue weighted by atomic mass is 9.76. The van der Waals surface area contributed by atoms with Crippen LogP contribution >= 0.6 is 0 Å². The van der Waals surface area contributed by atoms with Crippen LogP contribution in [0, 0.1) is 12.3 Å². The van der Waals surface area contributed by atoms with E-state index in [4.69, 9.17) is 4.74 Å². The summed E-state index contributed by atoms with van der Waals surface area (Å²) >= 11 is 0. The number of hydrogen-bond acceptors (Lipinski definition) is 5. The molecule has 3 heterocycles. The lowest BCUT2D eigenvalue weighted by molar-refractivity contribution is 0.0335. The second-order valence-corrected chi connectivity index (χ2v) is 9.21. The Morgan fingerprint density at radius 3 is 2.71 bits per heavy atom. The maximum atomic E-state index is 12.6.